The molecule has 7 heteroatoms. The number of ether oxygens (including phenoxy) is 1. The van der Waals surface area contributed by atoms with E-state index in [2.05, 4.69) is 20.4 Å². The Labute approximate surface area is 157 Å². The van der Waals surface area contributed by atoms with Crippen molar-refractivity contribution in [2.45, 2.75) is 12.5 Å². The van der Waals surface area contributed by atoms with E-state index >= 15 is 0 Å². The van der Waals surface area contributed by atoms with Crippen LogP contribution in [0.3, 0.4) is 0 Å². The summed E-state index contributed by atoms with van der Waals surface area (Å²) in [7, 11) is 0. The fourth-order valence-corrected chi connectivity index (χ4v) is 4.05. The van der Waals surface area contributed by atoms with Gasteiger partial charge in [0.05, 0.1) is 18.3 Å². The van der Waals surface area contributed by atoms with Gasteiger partial charge in [-0.3, -0.25) is 4.79 Å². The molecule has 0 saturated carbocycles. The fraction of sp³-hybridized carbons (Fsp3) is 0.421. The number of nitrogens with one attached hydrogen (secondary N) is 1. The van der Waals surface area contributed by atoms with E-state index in [0.29, 0.717) is 12.2 Å². The van der Waals surface area contributed by atoms with Gasteiger partial charge in [-0.25, -0.2) is 0 Å². The Morgan fingerprint density at radius 1 is 1.12 bits per heavy atom. The van der Waals surface area contributed by atoms with E-state index in [0.717, 1.165) is 54.7 Å². The number of nitrogens with zero attached hydrogens (tertiary/aromatic N) is 3. The van der Waals surface area contributed by atoms with Gasteiger partial charge < -0.3 is 15.0 Å². The average Bonchev–Trinajstić information content (AvgIpc) is 3.22. The van der Waals surface area contributed by atoms with Gasteiger partial charge in [-0.1, -0.05) is 12.1 Å². The third-order valence-corrected chi connectivity index (χ3v) is 5.64. The van der Waals surface area contributed by atoms with Crippen molar-refractivity contribution in [3.63, 3.8) is 0 Å². The lowest BCUT2D eigenvalue weighted by Crippen LogP contribution is -2.34. The normalized spacial score (nSPS) is 20.2. The van der Waals surface area contributed by atoms with Crippen molar-refractivity contribution in [1.82, 2.24) is 15.5 Å². The second kappa shape index (κ2) is 8.05. The first-order valence-electron chi connectivity index (χ1n) is 8.95. The number of amides is 1. The van der Waals surface area contributed by atoms with E-state index in [9.17, 15) is 4.79 Å². The quantitative estimate of drug-likeness (QED) is 0.890. The zero-order valence-electron chi connectivity index (χ0n) is 14.6. The molecule has 1 aromatic heterocycles. The van der Waals surface area contributed by atoms with Crippen LogP contribution in [0.1, 0.15) is 16.8 Å². The predicted octanol–water partition coefficient (Wildman–Crippen LogP) is 2.22. The molecule has 4 rings (SSSR count). The number of aromatic nitrogens is 2. The standard InChI is InChI=1S/C19H22N4O2S/c24-19(20-16-7-10-25-13-16)15-3-1-14(2-4-15)17-5-6-18(22-21-17)23-8-11-26-12-9-23/h1-6,16H,7-13H2,(H,20,24)/t16-/m0/s1. The summed E-state index contributed by atoms with van der Waals surface area (Å²) in [4.78, 5) is 14.5. The van der Waals surface area contributed by atoms with Gasteiger partial charge in [0.2, 0.25) is 0 Å². The number of hydrogen-bond acceptors (Lipinski definition) is 6. The maximum Gasteiger partial charge on any atom is 0.251 e. The first-order chi connectivity index (χ1) is 12.8. The van der Waals surface area contributed by atoms with Gasteiger partial charge in [0, 0.05) is 42.3 Å². The molecule has 6 nitrogen and oxygen atoms in total. The largest absolute Gasteiger partial charge is 0.379 e. The van der Waals surface area contributed by atoms with Crippen molar-refractivity contribution in [2.75, 3.05) is 42.7 Å². The lowest BCUT2D eigenvalue weighted by molar-refractivity contribution is 0.0930. The molecule has 1 amide bonds. The zero-order chi connectivity index (χ0) is 17.8. The van der Waals surface area contributed by atoms with Gasteiger partial charge in [0.25, 0.3) is 5.91 Å². The van der Waals surface area contributed by atoms with Gasteiger partial charge in [0.15, 0.2) is 5.82 Å². The highest BCUT2D eigenvalue weighted by Crippen LogP contribution is 2.21. The van der Waals surface area contributed by atoms with Crippen molar-refractivity contribution >= 4 is 23.5 Å². The summed E-state index contributed by atoms with van der Waals surface area (Å²) in [6, 6.07) is 11.6. The third-order valence-electron chi connectivity index (χ3n) is 4.69. The molecule has 2 aromatic rings. The number of carbonyl (C=O) groups excluding carboxylic acids is 1. The fourth-order valence-electron chi connectivity index (χ4n) is 3.15. The van der Waals surface area contributed by atoms with Crippen molar-refractivity contribution in [3.05, 3.63) is 42.0 Å². The second-order valence-electron chi connectivity index (χ2n) is 6.49. The molecular weight excluding hydrogens is 348 g/mol. The lowest BCUT2D eigenvalue weighted by Gasteiger charge is -2.26. The number of anilines is 1. The Morgan fingerprint density at radius 2 is 1.92 bits per heavy atom. The first kappa shape index (κ1) is 17.3. The van der Waals surface area contributed by atoms with E-state index in [-0.39, 0.29) is 11.9 Å². The molecule has 1 atom stereocenters. The SMILES string of the molecule is O=C(N[C@H]1CCOC1)c1ccc(-c2ccc(N3CCSCC3)nn2)cc1. The molecule has 1 aromatic carbocycles. The average molecular weight is 370 g/mol. The van der Waals surface area contributed by atoms with Crippen LogP contribution < -0.4 is 10.2 Å². The molecule has 0 bridgehead atoms. The lowest BCUT2D eigenvalue weighted by atomic mass is 10.1. The molecule has 0 spiro atoms. The Kier molecular flexibility index (Phi) is 5.36. The van der Waals surface area contributed by atoms with Crippen LogP contribution in [0.4, 0.5) is 5.82 Å². The highest BCUT2D eigenvalue weighted by atomic mass is 32.2. The monoisotopic (exact) mass is 370 g/mol. The van der Waals surface area contributed by atoms with E-state index < -0.39 is 0 Å². The van der Waals surface area contributed by atoms with Gasteiger partial charge in [0.1, 0.15) is 0 Å². The van der Waals surface area contributed by atoms with Gasteiger partial charge in [-0.2, -0.15) is 11.8 Å². The molecule has 136 valence electrons. The predicted molar refractivity (Wildman–Crippen MR) is 104 cm³/mol. The first-order valence-corrected chi connectivity index (χ1v) is 10.1. The van der Waals surface area contributed by atoms with Crippen LogP contribution in [0.25, 0.3) is 11.3 Å². The molecule has 1 N–H and O–H groups in total. The second-order valence-corrected chi connectivity index (χ2v) is 7.71. The highest BCUT2D eigenvalue weighted by molar-refractivity contribution is 7.99. The van der Waals surface area contributed by atoms with Crippen LogP contribution in [-0.2, 0) is 4.74 Å². The minimum atomic E-state index is -0.0588. The molecule has 2 fully saturated rings. The Bertz CT molecular complexity index is 739. The molecule has 0 unspecified atom stereocenters. The number of benzene rings is 1. The summed E-state index contributed by atoms with van der Waals surface area (Å²) < 4.78 is 5.29. The molecule has 2 aliphatic heterocycles. The van der Waals surface area contributed by atoms with Crippen molar-refractivity contribution < 1.29 is 9.53 Å². The van der Waals surface area contributed by atoms with Crippen molar-refractivity contribution in [3.8, 4) is 11.3 Å². The maximum absolute atomic E-state index is 12.3. The summed E-state index contributed by atoms with van der Waals surface area (Å²) in [6.07, 6.45) is 0.876. The summed E-state index contributed by atoms with van der Waals surface area (Å²) >= 11 is 1.98. The van der Waals surface area contributed by atoms with Crippen LogP contribution in [0.5, 0.6) is 0 Å². The highest BCUT2D eigenvalue weighted by Gasteiger charge is 2.18. The Balaban J connectivity index is 1.42. The van der Waals surface area contributed by atoms with Crippen LogP contribution in [0.15, 0.2) is 36.4 Å². The minimum absolute atomic E-state index is 0.0588. The van der Waals surface area contributed by atoms with Gasteiger partial charge in [-0.15, -0.1) is 10.2 Å². The van der Waals surface area contributed by atoms with E-state index in [1.165, 1.54) is 0 Å². The van der Waals surface area contributed by atoms with E-state index in [1.54, 1.807) is 0 Å². The minimum Gasteiger partial charge on any atom is -0.379 e. The molecule has 2 saturated heterocycles. The van der Waals surface area contributed by atoms with Crippen LogP contribution in [0.2, 0.25) is 0 Å². The summed E-state index contributed by atoms with van der Waals surface area (Å²) in [5.74, 6) is 3.15. The summed E-state index contributed by atoms with van der Waals surface area (Å²) in [5, 5.41) is 11.7. The van der Waals surface area contributed by atoms with E-state index in [4.69, 9.17) is 4.74 Å². The van der Waals surface area contributed by atoms with Gasteiger partial charge in [-0.05, 0) is 30.7 Å². The molecular formula is C19H22N4O2S. The maximum atomic E-state index is 12.3. The number of carbonyl (C=O) groups is 1. The van der Waals surface area contributed by atoms with Crippen LogP contribution >= 0.6 is 11.8 Å². The Morgan fingerprint density at radius 3 is 2.58 bits per heavy atom. The van der Waals surface area contributed by atoms with Crippen LogP contribution in [-0.4, -0.2) is 60.0 Å². The molecule has 0 aliphatic carbocycles. The van der Waals surface area contributed by atoms with Crippen LogP contribution in [0, 0.1) is 0 Å². The number of hydrogen-bond donors (Lipinski definition) is 1. The number of thioether (sulfide) groups is 1. The molecule has 26 heavy (non-hydrogen) atoms. The summed E-state index contributed by atoms with van der Waals surface area (Å²) in [6.45, 7) is 3.36. The molecule has 3 heterocycles. The van der Waals surface area contributed by atoms with Crippen molar-refractivity contribution in [2.24, 2.45) is 0 Å². The number of rotatable bonds is 4. The molecule has 2 aliphatic rings. The Hall–Kier alpha value is -2.12. The smallest absolute Gasteiger partial charge is 0.251 e. The topological polar surface area (TPSA) is 67.3 Å². The van der Waals surface area contributed by atoms with E-state index in [1.807, 2.05) is 48.2 Å². The van der Waals surface area contributed by atoms with Gasteiger partial charge >= 0.3 is 0 Å². The zero-order valence-corrected chi connectivity index (χ0v) is 15.4. The summed E-state index contributed by atoms with van der Waals surface area (Å²) in [5.41, 5.74) is 2.42. The molecule has 0 radical (unpaired) electrons. The third kappa shape index (κ3) is 3.99. The van der Waals surface area contributed by atoms with Crippen molar-refractivity contribution in [1.29, 1.82) is 0 Å².